The van der Waals surface area contributed by atoms with Gasteiger partial charge in [0, 0.05) is 32.8 Å². The average molecular weight is 563 g/mol. The van der Waals surface area contributed by atoms with Crippen LogP contribution in [0.25, 0.3) is 0 Å². The summed E-state index contributed by atoms with van der Waals surface area (Å²) < 4.78 is 43.6. The maximum absolute atomic E-state index is 13.2. The highest BCUT2D eigenvalue weighted by Crippen LogP contribution is 2.74. The largest absolute Gasteiger partial charge is 0.462 e. The molecule has 11 heteroatoms. The van der Waals surface area contributed by atoms with Crippen LogP contribution < -0.4 is 0 Å². The van der Waals surface area contributed by atoms with E-state index in [4.69, 9.17) is 33.2 Å². The van der Waals surface area contributed by atoms with Crippen molar-refractivity contribution in [2.75, 3.05) is 6.61 Å². The third-order valence-electron chi connectivity index (χ3n) is 10.8. The molecular weight excluding hydrogens is 524 g/mol. The first-order valence-electron chi connectivity index (χ1n) is 14.0. The highest BCUT2D eigenvalue weighted by Gasteiger charge is 2.84. The minimum absolute atomic E-state index is 0.0611. The first-order chi connectivity index (χ1) is 18.5. The Morgan fingerprint density at radius 2 is 1.65 bits per heavy atom. The molecule has 4 saturated heterocycles. The maximum atomic E-state index is 13.2. The topological polar surface area (TPSA) is 133 Å². The summed E-state index contributed by atoms with van der Waals surface area (Å²) in [7, 11) is 0. The zero-order valence-corrected chi connectivity index (χ0v) is 24.2. The van der Waals surface area contributed by atoms with E-state index in [9.17, 15) is 19.2 Å². The van der Waals surface area contributed by atoms with E-state index in [1.54, 1.807) is 6.92 Å². The molecule has 6 aliphatic rings. The zero-order chi connectivity index (χ0) is 29.3. The molecule has 5 fully saturated rings. The van der Waals surface area contributed by atoms with Gasteiger partial charge < -0.3 is 28.4 Å². The molecule has 6 rings (SSSR count). The van der Waals surface area contributed by atoms with Crippen LogP contribution in [-0.4, -0.2) is 65.7 Å². The van der Waals surface area contributed by atoms with Gasteiger partial charge in [-0.15, -0.1) is 0 Å². The van der Waals surface area contributed by atoms with Crippen molar-refractivity contribution in [1.29, 1.82) is 0 Å². The fraction of sp³-hybridized carbons (Fsp3) is 0.793. The van der Waals surface area contributed by atoms with Crippen LogP contribution >= 0.6 is 0 Å². The Hall–Kier alpha value is -2.50. The Morgan fingerprint density at radius 1 is 0.975 bits per heavy atom. The van der Waals surface area contributed by atoms with Gasteiger partial charge >= 0.3 is 23.9 Å². The number of esters is 4. The molecule has 0 radical (unpaired) electrons. The smallest absolute Gasteiger partial charge is 0.330 e. The van der Waals surface area contributed by atoms with E-state index >= 15 is 0 Å². The monoisotopic (exact) mass is 562 g/mol. The van der Waals surface area contributed by atoms with Crippen LogP contribution in [0, 0.1) is 34.5 Å². The van der Waals surface area contributed by atoms with Gasteiger partial charge in [-0.2, -0.15) is 0 Å². The van der Waals surface area contributed by atoms with Crippen molar-refractivity contribution in [2.24, 2.45) is 34.5 Å². The molecule has 0 aromatic heterocycles. The molecule has 220 valence electrons. The lowest BCUT2D eigenvalue weighted by Crippen LogP contribution is -2.72. The Kier molecular flexibility index (Phi) is 5.58. The van der Waals surface area contributed by atoms with Crippen molar-refractivity contribution in [3.63, 3.8) is 0 Å². The summed E-state index contributed by atoms with van der Waals surface area (Å²) in [5.74, 6) is -7.26. The number of hydrogen-bond donors (Lipinski definition) is 0. The van der Waals surface area contributed by atoms with Crippen LogP contribution in [0.1, 0.15) is 68.2 Å². The SMILES string of the molecule is CC(=O)OC1[C@@H]2C(=O)O[C@@]1(C)OC13OC[C@]45C=CC(=O)OC(C)(C)[C@@H]4[C@@H](OC(C)=O)C[C@H](C)[C@]5(C[C@]1(C)[C@H]2C)O3. The van der Waals surface area contributed by atoms with Crippen molar-refractivity contribution in [2.45, 2.75) is 103 Å². The summed E-state index contributed by atoms with van der Waals surface area (Å²) in [6, 6.07) is 0. The molecule has 5 aliphatic heterocycles. The minimum atomic E-state index is -1.65. The molecule has 11 atom stereocenters. The lowest BCUT2D eigenvalue weighted by molar-refractivity contribution is -0.505. The number of carbonyl (C=O) groups excluding carboxylic acids is 4. The molecular formula is C29H38O11. The van der Waals surface area contributed by atoms with Crippen LogP contribution in [0.5, 0.6) is 0 Å². The highest BCUT2D eigenvalue weighted by atomic mass is 16.9. The predicted molar refractivity (Wildman–Crippen MR) is 134 cm³/mol. The van der Waals surface area contributed by atoms with E-state index in [0.29, 0.717) is 12.8 Å². The standard InChI is InChI=1S/C29H38O11/c1-14-11-18(35-16(3)30)21-24(5,6)37-19(32)9-10-27(21)13-34-29-25(7,12-28(14,27)40-29)15(2)20-22(36-17(4)31)26(8,39-29)38-23(20)33/h9-10,14-15,18,20-22H,11-13H2,1-8H3/t14-,15-,18-,20+,21-,22?,25+,26-,27+,28-,29?/m0/s1. The second-order valence-electron chi connectivity index (χ2n) is 13.5. The summed E-state index contributed by atoms with van der Waals surface area (Å²) in [6.45, 7) is 13.8. The summed E-state index contributed by atoms with van der Waals surface area (Å²) in [4.78, 5) is 50.4. The number of hydrogen-bond acceptors (Lipinski definition) is 11. The molecule has 4 bridgehead atoms. The molecule has 0 aromatic carbocycles. The second-order valence-corrected chi connectivity index (χ2v) is 13.5. The first kappa shape index (κ1) is 27.7. The van der Waals surface area contributed by atoms with E-state index in [1.807, 2.05) is 40.7 Å². The Balaban J connectivity index is 1.53. The van der Waals surface area contributed by atoms with Crippen LogP contribution in [0.15, 0.2) is 12.2 Å². The summed E-state index contributed by atoms with van der Waals surface area (Å²) >= 11 is 0. The quantitative estimate of drug-likeness (QED) is 0.363. The first-order valence-corrected chi connectivity index (χ1v) is 14.0. The third kappa shape index (κ3) is 3.22. The molecule has 0 aromatic rings. The molecule has 11 nitrogen and oxygen atoms in total. The lowest BCUT2D eigenvalue weighted by atomic mass is 9.48. The average Bonchev–Trinajstić information content (AvgIpc) is 3.10. The van der Waals surface area contributed by atoms with Crippen LogP contribution in [0.2, 0.25) is 0 Å². The fourth-order valence-electron chi connectivity index (χ4n) is 9.14. The summed E-state index contributed by atoms with van der Waals surface area (Å²) in [6.07, 6.45) is 2.50. The number of carbonyl (C=O) groups is 4. The maximum Gasteiger partial charge on any atom is 0.330 e. The van der Waals surface area contributed by atoms with Gasteiger partial charge in [0.1, 0.15) is 17.6 Å². The molecule has 3 spiro atoms. The van der Waals surface area contributed by atoms with Crippen molar-refractivity contribution in [3.8, 4) is 0 Å². The molecule has 2 unspecified atom stereocenters. The predicted octanol–water partition coefficient (Wildman–Crippen LogP) is 2.79. The van der Waals surface area contributed by atoms with Crippen LogP contribution in [0.3, 0.4) is 0 Å². The number of cyclic esters (lactones) is 1. The minimum Gasteiger partial charge on any atom is -0.462 e. The normalized spacial score (nSPS) is 51.7. The molecule has 0 N–H and O–H groups in total. The van der Waals surface area contributed by atoms with Crippen molar-refractivity contribution >= 4 is 23.9 Å². The van der Waals surface area contributed by atoms with Crippen molar-refractivity contribution < 1.29 is 52.3 Å². The molecule has 5 heterocycles. The Bertz CT molecular complexity index is 1230. The van der Waals surface area contributed by atoms with E-state index in [0.717, 1.165) is 0 Å². The van der Waals surface area contributed by atoms with Gasteiger partial charge in [-0.3, -0.25) is 19.1 Å². The van der Waals surface area contributed by atoms with E-state index in [2.05, 4.69) is 0 Å². The third-order valence-corrected chi connectivity index (χ3v) is 10.8. The van der Waals surface area contributed by atoms with Crippen LogP contribution in [0.4, 0.5) is 0 Å². The van der Waals surface area contributed by atoms with Gasteiger partial charge in [0.05, 0.1) is 23.0 Å². The molecule has 40 heavy (non-hydrogen) atoms. The molecule has 1 aliphatic carbocycles. The summed E-state index contributed by atoms with van der Waals surface area (Å²) in [5, 5.41) is 0. The van der Waals surface area contributed by atoms with Gasteiger partial charge in [0.2, 0.25) is 0 Å². The van der Waals surface area contributed by atoms with Gasteiger partial charge in [-0.25, -0.2) is 4.79 Å². The highest BCUT2D eigenvalue weighted by molar-refractivity contribution is 5.83. The van der Waals surface area contributed by atoms with E-state index in [-0.39, 0.29) is 12.5 Å². The van der Waals surface area contributed by atoms with Crippen molar-refractivity contribution in [3.05, 3.63) is 12.2 Å². The van der Waals surface area contributed by atoms with Gasteiger partial charge in [0.25, 0.3) is 11.8 Å². The summed E-state index contributed by atoms with van der Waals surface area (Å²) in [5.41, 5.74) is -3.86. The van der Waals surface area contributed by atoms with Crippen LogP contribution in [-0.2, 0) is 52.3 Å². The molecule has 1 saturated carbocycles. The second kappa shape index (κ2) is 8.07. The Labute approximate surface area is 233 Å². The lowest BCUT2D eigenvalue weighted by Gasteiger charge is -2.63. The number of rotatable bonds is 2. The van der Waals surface area contributed by atoms with Crippen molar-refractivity contribution in [1.82, 2.24) is 0 Å². The number of fused-ring (bicyclic) bond motifs is 2. The van der Waals surface area contributed by atoms with E-state index < -0.39 is 87.6 Å². The Morgan fingerprint density at radius 3 is 2.30 bits per heavy atom. The zero-order valence-electron chi connectivity index (χ0n) is 24.2. The van der Waals surface area contributed by atoms with Gasteiger partial charge in [0.15, 0.2) is 6.10 Å². The van der Waals surface area contributed by atoms with Gasteiger partial charge in [-0.05, 0) is 38.5 Å². The number of ether oxygens (including phenoxy) is 7. The molecule has 0 amide bonds. The van der Waals surface area contributed by atoms with Gasteiger partial charge in [-0.1, -0.05) is 26.8 Å². The van der Waals surface area contributed by atoms with E-state index in [1.165, 1.54) is 19.9 Å². The fourth-order valence-corrected chi connectivity index (χ4v) is 9.14.